The van der Waals surface area contributed by atoms with Crippen LogP contribution in [0, 0.1) is 13.8 Å². The van der Waals surface area contributed by atoms with E-state index in [-0.39, 0.29) is 24.5 Å². The van der Waals surface area contributed by atoms with E-state index in [1.54, 1.807) is 11.9 Å². The summed E-state index contributed by atoms with van der Waals surface area (Å²) in [5.41, 5.74) is 3.88. The molecule has 0 N–H and O–H groups in total. The van der Waals surface area contributed by atoms with Gasteiger partial charge in [-0.05, 0) is 48.7 Å². The number of amides is 1. The molecule has 0 unspecified atom stereocenters. The van der Waals surface area contributed by atoms with Crippen LogP contribution in [0.1, 0.15) is 39.9 Å². The molecule has 0 aliphatic carbocycles. The van der Waals surface area contributed by atoms with Crippen LogP contribution in [0.25, 0.3) is 0 Å². The Kier molecular flexibility index (Phi) is 5.79. The van der Waals surface area contributed by atoms with Gasteiger partial charge in [0.05, 0.1) is 0 Å². The van der Waals surface area contributed by atoms with Crippen LogP contribution < -0.4 is 9.47 Å². The zero-order valence-electron chi connectivity index (χ0n) is 16.1. The Bertz CT molecular complexity index is 859. The summed E-state index contributed by atoms with van der Waals surface area (Å²) in [6.07, 6.45) is 0.416. The molecule has 1 aliphatic rings. The Morgan fingerprint density at radius 3 is 2.41 bits per heavy atom. The van der Waals surface area contributed by atoms with Gasteiger partial charge in [0.25, 0.3) is 0 Å². The van der Waals surface area contributed by atoms with E-state index in [9.17, 15) is 9.59 Å². The average molecular weight is 367 g/mol. The highest BCUT2D eigenvalue weighted by Crippen LogP contribution is 2.31. The van der Waals surface area contributed by atoms with E-state index in [0.29, 0.717) is 31.1 Å². The molecule has 1 aliphatic heterocycles. The number of benzene rings is 2. The van der Waals surface area contributed by atoms with Crippen molar-refractivity contribution < 1.29 is 19.1 Å². The summed E-state index contributed by atoms with van der Waals surface area (Å²) in [6, 6.07) is 11.4. The molecule has 1 amide bonds. The smallest absolute Gasteiger partial charge is 0.223 e. The van der Waals surface area contributed by atoms with Crippen LogP contribution in [-0.4, -0.2) is 36.9 Å². The molecule has 3 rings (SSSR count). The van der Waals surface area contributed by atoms with Crippen LogP contribution in [-0.2, 0) is 11.3 Å². The van der Waals surface area contributed by atoms with E-state index in [1.165, 1.54) is 0 Å². The summed E-state index contributed by atoms with van der Waals surface area (Å²) < 4.78 is 11.1. The van der Waals surface area contributed by atoms with Gasteiger partial charge in [-0.15, -0.1) is 0 Å². The molecule has 0 bridgehead atoms. The van der Waals surface area contributed by atoms with Gasteiger partial charge in [0.2, 0.25) is 5.91 Å². The Balaban J connectivity index is 1.54. The zero-order valence-corrected chi connectivity index (χ0v) is 16.1. The van der Waals surface area contributed by atoms with Crippen LogP contribution in [0.2, 0.25) is 0 Å². The number of aryl methyl sites for hydroxylation is 2. The number of ketones is 1. The molecule has 2 aromatic rings. The maximum atomic E-state index is 12.4. The third kappa shape index (κ3) is 4.67. The number of rotatable bonds is 6. The summed E-state index contributed by atoms with van der Waals surface area (Å²) in [6.45, 7) is 5.55. The van der Waals surface area contributed by atoms with Gasteiger partial charge >= 0.3 is 0 Å². The second-order valence-electron chi connectivity index (χ2n) is 6.95. The molecule has 0 spiro atoms. The summed E-state index contributed by atoms with van der Waals surface area (Å²) in [7, 11) is 1.75. The fourth-order valence-electron chi connectivity index (χ4n) is 3.02. The van der Waals surface area contributed by atoms with E-state index < -0.39 is 0 Å². The minimum absolute atomic E-state index is 0.000760. The molecule has 0 aromatic heterocycles. The highest BCUT2D eigenvalue weighted by molar-refractivity contribution is 5.98. The first-order valence-corrected chi connectivity index (χ1v) is 9.17. The Morgan fingerprint density at radius 1 is 0.926 bits per heavy atom. The van der Waals surface area contributed by atoms with Crippen molar-refractivity contribution in [1.82, 2.24) is 4.90 Å². The standard InChI is InChI=1S/C22H25NO4/c1-15-4-6-18(12-16(15)2)19(24)7-9-22(25)23(3)14-17-5-8-20-21(13-17)27-11-10-26-20/h4-6,8,12-13H,7,9-11,14H2,1-3H3. The van der Waals surface area contributed by atoms with E-state index in [4.69, 9.17) is 9.47 Å². The molecule has 27 heavy (non-hydrogen) atoms. The van der Waals surface area contributed by atoms with Crippen molar-refractivity contribution in [1.29, 1.82) is 0 Å². The minimum atomic E-state index is -0.0536. The predicted octanol–water partition coefficient (Wildman–Crippen LogP) is 3.70. The van der Waals surface area contributed by atoms with Crippen LogP contribution in [0.4, 0.5) is 0 Å². The largest absolute Gasteiger partial charge is 0.486 e. The summed E-state index contributed by atoms with van der Waals surface area (Å²) in [5.74, 6) is 1.39. The maximum absolute atomic E-state index is 12.4. The third-order valence-electron chi connectivity index (χ3n) is 4.85. The molecule has 0 radical (unpaired) electrons. The van der Waals surface area contributed by atoms with Crippen molar-refractivity contribution in [3.05, 3.63) is 58.7 Å². The molecule has 1 heterocycles. The quantitative estimate of drug-likeness (QED) is 0.731. The van der Waals surface area contributed by atoms with E-state index in [2.05, 4.69) is 0 Å². The van der Waals surface area contributed by atoms with Crippen molar-refractivity contribution in [3.63, 3.8) is 0 Å². The lowest BCUT2D eigenvalue weighted by Gasteiger charge is -2.21. The molecule has 5 heteroatoms. The number of nitrogens with zero attached hydrogens (tertiary/aromatic N) is 1. The molecular formula is C22H25NO4. The SMILES string of the molecule is Cc1ccc(C(=O)CCC(=O)N(C)Cc2ccc3c(c2)OCCO3)cc1C. The zero-order chi connectivity index (χ0) is 19.4. The van der Waals surface area contributed by atoms with Crippen LogP contribution in [0.3, 0.4) is 0 Å². The third-order valence-corrected chi connectivity index (χ3v) is 4.85. The Labute approximate surface area is 159 Å². The summed E-state index contributed by atoms with van der Waals surface area (Å²) in [5, 5.41) is 0. The molecule has 2 aromatic carbocycles. The molecule has 142 valence electrons. The Morgan fingerprint density at radius 2 is 1.67 bits per heavy atom. The van der Waals surface area contributed by atoms with E-state index in [0.717, 1.165) is 22.4 Å². The summed E-state index contributed by atoms with van der Waals surface area (Å²) in [4.78, 5) is 26.4. The van der Waals surface area contributed by atoms with Gasteiger partial charge in [-0.2, -0.15) is 0 Å². The molecule has 0 atom stereocenters. The lowest BCUT2D eigenvalue weighted by molar-refractivity contribution is -0.130. The normalized spacial score (nSPS) is 12.6. The monoisotopic (exact) mass is 367 g/mol. The summed E-state index contributed by atoms with van der Waals surface area (Å²) >= 11 is 0. The van der Waals surface area contributed by atoms with Crippen molar-refractivity contribution in [3.8, 4) is 11.5 Å². The second kappa shape index (κ2) is 8.25. The predicted molar refractivity (Wildman–Crippen MR) is 103 cm³/mol. The van der Waals surface area contributed by atoms with Gasteiger partial charge < -0.3 is 14.4 Å². The van der Waals surface area contributed by atoms with Crippen LogP contribution >= 0.6 is 0 Å². The number of carbonyl (C=O) groups excluding carboxylic acids is 2. The van der Waals surface area contributed by atoms with Crippen molar-refractivity contribution >= 4 is 11.7 Å². The van der Waals surface area contributed by atoms with Gasteiger partial charge in [-0.3, -0.25) is 9.59 Å². The first-order chi connectivity index (χ1) is 12.9. The molecule has 5 nitrogen and oxygen atoms in total. The average Bonchev–Trinajstić information content (AvgIpc) is 2.67. The number of ether oxygens (including phenoxy) is 2. The molecule has 0 fully saturated rings. The maximum Gasteiger partial charge on any atom is 0.223 e. The van der Waals surface area contributed by atoms with Crippen LogP contribution in [0.5, 0.6) is 11.5 Å². The fourth-order valence-corrected chi connectivity index (χ4v) is 3.02. The highest BCUT2D eigenvalue weighted by atomic mass is 16.6. The van der Waals surface area contributed by atoms with Gasteiger partial charge in [0, 0.05) is 32.0 Å². The van der Waals surface area contributed by atoms with Crippen LogP contribution in [0.15, 0.2) is 36.4 Å². The molecular weight excluding hydrogens is 342 g/mol. The number of fused-ring (bicyclic) bond motifs is 1. The molecule has 0 saturated heterocycles. The fraction of sp³-hybridized carbons (Fsp3) is 0.364. The highest BCUT2D eigenvalue weighted by Gasteiger charge is 2.16. The van der Waals surface area contributed by atoms with Gasteiger partial charge in [-0.1, -0.05) is 18.2 Å². The molecule has 0 saturated carbocycles. The van der Waals surface area contributed by atoms with E-state index in [1.807, 2.05) is 50.2 Å². The van der Waals surface area contributed by atoms with E-state index >= 15 is 0 Å². The lowest BCUT2D eigenvalue weighted by Crippen LogP contribution is -2.26. The first kappa shape index (κ1) is 19.0. The Hall–Kier alpha value is -2.82. The van der Waals surface area contributed by atoms with Crippen molar-refractivity contribution in [2.75, 3.05) is 20.3 Å². The second-order valence-corrected chi connectivity index (χ2v) is 6.95. The first-order valence-electron chi connectivity index (χ1n) is 9.17. The van der Waals surface area contributed by atoms with Gasteiger partial charge in [-0.25, -0.2) is 0 Å². The minimum Gasteiger partial charge on any atom is -0.486 e. The van der Waals surface area contributed by atoms with Gasteiger partial charge in [0.1, 0.15) is 13.2 Å². The number of hydrogen-bond donors (Lipinski definition) is 0. The van der Waals surface area contributed by atoms with Gasteiger partial charge in [0.15, 0.2) is 17.3 Å². The number of carbonyl (C=O) groups is 2. The van der Waals surface area contributed by atoms with Crippen molar-refractivity contribution in [2.45, 2.75) is 33.2 Å². The van der Waals surface area contributed by atoms with Crippen molar-refractivity contribution in [2.24, 2.45) is 0 Å². The number of Topliss-reactive ketones (excluding diaryl/α,β-unsaturated/α-hetero) is 1. The lowest BCUT2D eigenvalue weighted by atomic mass is 10.0. The number of hydrogen-bond acceptors (Lipinski definition) is 4. The topological polar surface area (TPSA) is 55.8 Å².